The Morgan fingerprint density at radius 3 is 2.09 bits per heavy atom. The number of aromatic hydroxyl groups is 4. The van der Waals surface area contributed by atoms with Gasteiger partial charge in [-0.25, -0.2) is 0 Å². The fraction of sp³-hybridized carbons (Fsp3) is 0.444. The van der Waals surface area contributed by atoms with E-state index in [9.17, 15) is 55.9 Å². The Balaban J connectivity index is 0.00000442. The van der Waals surface area contributed by atoms with Crippen LogP contribution in [0.2, 0.25) is 0 Å². The van der Waals surface area contributed by atoms with Gasteiger partial charge in [0.2, 0.25) is 17.5 Å². The smallest absolute Gasteiger partial charge is 0.239 e. The molecule has 0 saturated carbocycles. The molecule has 2 aliphatic rings. The number of halogens is 1. The Labute approximate surface area is 253 Å². The van der Waals surface area contributed by atoms with Crippen molar-refractivity contribution in [3.8, 4) is 40.1 Å². The monoisotopic (exact) mass is 646 g/mol. The van der Waals surface area contributed by atoms with E-state index in [0.717, 1.165) is 24.3 Å². The third-order valence-electron chi connectivity index (χ3n) is 7.29. The predicted octanol–water partition coefficient (Wildman–Crippen LogP) is -1.27. The summed E-state index contributed by atoms with van der Waals surface area (Å²) in [7, 11) is 0. The molecule has 3 aromatic rings. The summed E-state index contributed by atoms with van der Waals surface area (Å²) in [6.45, 7) is 0.818. The lowest BCUT2D eigenvalue weighted by molar-refractivity contribution is -0.318. The van der Waals surface area contributed by atoms with Crippen LogP contribution in [0.3, 0.4) is 0 Å². The maximum absolute atomic E-state index is 13.6. The molecule has 1 aromatic heterocycles. The minimum Gasteiger partial charge on any atom is -0.508 e. The molecule has 0 bridgehead atoms. The van der Waals surface area contributed by atoms with Crippen LogP contribution in [0.15, 0.2) is 39.5 Å². The van der Waals surface area contributed by atoms with Gasteiger partial charge >= 0.3 is 0 Å². The van der Waals surface area contributed by atoms with E-state index >= 15 is 0 Å². The summed E-state index contributed by atoms with van der Waals surface area (Å²) in [5, 5.41) is 101. The molecule has 0 spiro atoms. The van der Waals surface area contributed by atoms with Crippen LogP contribution in [0, 0.1) is 0 Å². The van der Waals surface area contributed by atoms with Gasteiger partial charge in [0.15, 0.2) is 23.5 Å². The molecule has 3 heterocycles. The minimum absolute atomic E-state index is 0. The van der Waals surface area contributed by atoms with Crippen LogP contribution in [0.5, 0.6) is 28.7 Å². The highest BCUT2D eigenvalue weighted by atomic mass is 35.5. The number of phenols is 4. The molecule has 0 unspecified atom stereocenters. The van der Waals surface area contributed by atoms with Crippen molar-refractivity contribution in [1.82, 2.24) is 0 Å². The van der Waals surface area contributed by atoms with Crippen LogP contribution in [0.4, 0.5) is 0 Å². The second-order valence-electron chi connectivity index (χ2n) is 10.3. The Hall–Kier alpha value is -3.42. The van der Waals surface area contributed by atoms with E-state index in [1.807, 2.05) is 0 Å². The van der Waals surface area contributed by atoms with Gasteiger partial charge in [-0.1, -0.05) is 0 Å². The lowest BCUT2D eigenvalue weighted by Crippen LogP contribution is -2.61. The van der Waals surface area contributed by atoms with Gasteiger partial charge in [-0.3, -0.25) is 4.79 Å². The van der Waals surface area contributed by atoms with Crippen LogP contribution < -0.4 is 10.2 Å². The molecular formula is C27H31ClO16. The maximum Gasteiger partial charge on any atom is 0.239 e. The van der Waals surface area contributed by atoms with Crippen molar-refractivity contribution in [3.63, 3.8) is 0 Å². The molecule has 2 aromatic carbocycles. The van der Waals surface area contributed by atoms with E-state index in [4.69, 9.17) is 23.4 Å². The van der Waals surface area contributed by atoms with Gasteiger partial charge < -0.3 is 74.4 Å². The molecule has 16 nitrogen and oxygen atoms in total. The molecule has 2 aliphatic heterocycles. The van der Waals surface area contributed by atoms with E-state index in [2.05, 4.69) is 0 Å². The Bertz CT molecular complexity index is 1550. The lowest BCUT2D eigenvalue weighted by atomic mass is 9.98. The normalized spacial score (nSPS) is 32.2. The molecule has 17 heteroatoms. The Kier molecular flexibility index (Phi) is 9.81. The van der Waals surface area contributed by atoms with Crippen LogP contribution >= 0.6 is 12.4 Å². The molecule has 10 atom stereocenters. The fourth-order valence-electron chi connectivity index (χ4n) is 4.84. The SMILES string of the molecule is C[C@@H]1O[C@@H](OC[C@H]2O[C@@H](Oc3c(-c4ccc(O)c(O)c4)oc4cc(O)cc(O)c4c3=O)[C@H](O)[C@@H](O)[C@@H]2O)[C@H](O)[C@H](O)[C@H]1O.Cl. The summed E-state index contributed by atoms with van der Waals surface area (Å²) < 4.78 is 27.8. The van der Waals surface area contributed by atoms with Crippen LogP contribution in [-0.4, -0.2) is 119 Å². The third kappa shape index (κ3) is 6.09. The second-order valence-corrected chi connectivity index (χ2v) is 10.3. The number of hydrogen-bond donors (Lipinski definition) is 10. The van der Waals surface area contributed by atoms with Crippen molar-refractivity contribution in [1.29, 1.82) is 0 Å². The van der Waals surface area contributed by atoms with Gasteiger partial charge in [-0.05, 0) is 25.1 Å². The molecule has 2 fully saturated rings. The number of rotatable bonds is 6. The molecule has 10 N–H and O–H groups in total. The third-order valence-corrected chi connectivity index (χ3v) is 7.29. The number of aliphatic hydroxyl groups excluding tert-OH is 6. The van der Waals surface area contributed by atoms with Gasteiger partial charge in [-0.15, -0.1) is 12.4 Å². The molecular weight excluding hydrogens is 616 g/mol. The number of hydrogen-bond acceptors (Lipinski definition) is 16. The van der Waals surface area contributed by atoms with E-state index < -0.39 is 113 Å². The average molecular weight is 647 g/mol. The van der Waals surface area contributed by atoms with Crippen molar-refractivity contribution >= 4 is 23.4 Å². The highest BCUT2D eigenvalue weighted by Gasteiger charge is 2.47. The first-order valence-electron chi connectivity index (χ1n) is 13.0. The van der Waals surface area contributed by atoms with Gasteiger partial charge in [-0.2, -0.15) is 0 Å². The number of ether oxygens (including phenoxy) is 4. The van der Waals surface area contributed by atoms with Crippen LogP contribution in [0.25, 0.3) is 22.3 Å². The first-order valence-corrected chi connectivity index (χ1v) is 13.0. The summed E-state index contributed by atoms with van der Waals surface area (Å²) in [6.07, 6.45) is -16.2. The van der Waals surface area contributed by atoms with Crippen LogP contribution in [0.1, 0.15) is 6.92 Å². The highest BCUT2D eigenvalue weighted by molar-refractivity contribution is 5.88. The molecule has 5 rings (SSSR count). The van der Waals surface area contributed by atoms with E-state index in [-0.39, 0.29) is 23.6 Å². The summed E-state index contributed by atoms with van der Waals surface area (Å²) in [6, 6.07) is 5.24. The predicted molar refractivity (Wildman–Crippen MR) is 147 cm³/mol. The van der Waals surface area contributed by atoms with E-state index in [1.165, 1.54) is 13.0 Å². The second kappa shape index (κ2) is 12.9. The molecule has 2 saturated heterocycles. The number of fused-ring (bicyclic) bond motifs is 1. The summed E-state index contributed by atoms with van der Waals surface area (Å²) in [5.41, 5.74) is -1.35. The molecule has 242 valence electrons. The maximum atomic E-state index is 13.6. The number of benzene rings is 2. The van der Waals surface area contributed by atoms with Gasteiger partial charge in [0.1, 0.15) is 65.2 Å². The first-order chi connectivity index (χ1) is 20.3. The van der Waals surface area contributed by atoms with Crippen molar-refractivity contribution in [2.24, 2.45) is 0 Å². The topological polar surface area (TPSA) is 269 Å². The summed E-state index contributed by atoms with van der Waals surface area (Å²) >= 11 is 0. The molecule has 44 heavy (non-hydrogen) atoms. The van der Waals surface area contributed by atoms with Gasteiger partial charge in [0, 0.05) is 17.7 Å². The van der Waals surface area contributed by atoms with Gasteiger partial charge in [0.05, 0.1) is 12.7 Å². The number of aliphatic hydroxyl groups is 6. The molecule has 0 radical (unpaired) electrons. The van der Waals surface area contributed by atoms with Crippen LogP contribution in [-0.2, 0) is 14.2 Å². The zero-order valence-electron chi connectivity index (χ0n) is 22.7. The zero-order valence-corrected chi connectivity index (χ0v) is 23.5. The molecule has 0 amide bonds. The largest absolute Gasteiger partial charge is 0.508 e. The average Bonchev–Trinajstić information content (AvgIpc) is 2.96. The standard InChI is InChI=1S/C27H30O16.ClH/c1-8-17(32)20(35)22(37)26(40-8)39-7-15-18(33)21(36)23(38)27(42-15)43-25-19(34)16-13(31)5-10(28)6-14(16)41-24(25)9-2-3-11(29)12(30)4-9;/h2-6,8,15,17-18,20-23,26-33,35-38H,7H2,1H3;1H/t8-,15+,17-,18+,20+,21-,22+,23+,26+,27-;/m0./s1. The highest BCUT2D eigenvalue weighted by Crippen LogP contribution is 2.39. The number of phenolic OH excluding ortho intramolecular Hbond substituents is 4. The minimum atomic E-state index is -1.97. The van der Waals surface area contributed by atoms with Crippen molar-refractivity contribution in [2.45, 2.75) is 68.3 Å². The van der Waals surface area contributed by atoms with E-state index in [1.54, 1.807) is 0 Å². The van der Waals surface area contributed by atoms with Crippen molar-refractivity contribution in [3.05, 3.63) is 40.6 Å². The Morgan fingerprint density at radius 2 is 1.41 bits per heavy atom. The summed E-state index contributed by atoms with van der Waals surface area (Å²) in [5.74, 6) is -3.33. The zero-order chi connectivity index (χ0) is 31.3. The quantitative estimate of drug-likeness (QED) is 0.140. The van der Waals surface area contributed by atoms with Crippen molar-refractivity contribution < 1.29 is 74.4 Å². The van der Waals surface area contributed by atoms with Gasteiger partial charge in [0.25, 0.3) is 0 Å². The summed E-state index contributed by atoms with van der Waals surface area (Å²) in [4.78, 5) is 13.6. The first kappa shape index (κ1) is 33.5. The fourth-order valence-corrected chi connectivity index (χ4v) is 4.84. The molecule has 0 aliphatic carbocycles. The van der Waals surface area contributed by atoms with E-state index in [0.29, 0.717) is 0 Å². The van der Waals surface area contributed by atoms with Crippen molar-refractivity contribution in [2.75, 3.05) is 6.61 Å². The Morgan fingerprint density at radius 1 is 0.750 bits per heavy atom. The lowest BCUT2D eigenvalue weighted by Gasteiger charge is -2.42.